The molecule has 5 rings (SSSR count). The number of aryl methyl sites for hydroxylation is 1. The average Bonchev–Trinajstić information content (AvgIpc) is 3.75. The molecule has 0 spiro atoms. The molecule has 4 N–H and O–H groups in total. The maximum Gasteiger partial charge on any atom is 0.242 e. The maximum atomic E-state index is 14.8. The van der Waals surface area contributed by atoms with Crippen LogP contribution in [-0.2, 0) is 28.0 Å². The van der Waals surface area contributed by atoms with Crippen LogP contribution in [0.5, 0.6) is 5.75 Å². The minimum atomic E-state index is -0.939. The predicted molar refractivity (Wildman–Crippen MR) is 157 cm³/mol. The normalized spacial score (nSPS) is 22.2. The second kappa shape index (κ2) is 14.3. The summed E-state index contributed by atoms with van der Waals surface area (Å²) in [4.78, 5) is 26.0. The highest BCUT2D eigenvalue weighted by atomic mass is 32.2. The number of fused-ring (bicyclic) bond motifs is 13. The Morgan fingerprint density at radius 3 is 2.73 bits per heavy atom. The van der Waals surface area contributed by atoms with E-state index in [1.165, 1.54) is 17.2 Å². The van der Waals surface area contributed by atoms with E-state index in [1.54, 1.807) is 23.9 Å². The van der Waals surface area contributed by atoms with Crippen molar-refractivity contribution in [2.75, 3.05) is 25.2 Å². The monoisotopic (exact) mass is 571 g/mol. The SMILES string of the molecule is CCc1cccc(C2(NC[C@@H](O)[C@@H]3Cc4ccc(c(F)c4)OCCCCC(=O)NC(CCSC)C(=O)N3)CC2)c1. The molecule has 0 saturated heterocycles. The minimum Gasteiger partial charge on any atom is -0.491 e. The van der Waals surface area contributed by atoms with Crippen LogP contribution >= 0.6 is 11.8 Å². The first-order chi connectivity index (χ1) is 19.3. The number of aliphatic hydroxyl groups is 1. The predicted octanol–water partition coefficient (Wildman–Crippen LogP) is 3.86. The van der Waals surface area contributed by atoms with Gasteiger partial charge in [0.2, 0.25) is 11.8 Å². The number of carbonyl (C=O) groups excluding carboxylic acids is 2. The molecule has 2 amide bonds. The van der Waals surface area contributed by atoms with Crippen molar-refractivity contribution in [3.05, 3.63) is 65.0 Å². The van der Waals surface area contributed by atoms with Crippen molar-refractivity contribution < 1.29 is 23.8 Å². The Morgan fingerprint density at radius 1 is 1.18 bits per heavy atom. The number of thioether (sulfide) groups is 1. The zero-order valence-corrected chi connectivity index (χ0v) is 24.3. The lowest BCUT2D eigenvalue weighted by molar-refractivity contribution is -0.130. The van der Waals surface area contributed by atoms with Crippen molar-refractivity contribution in [1.82, 2.24) is 16.0 Å². The fraction of sp³-hybridized carbons (Fsp3) is 0.548. The molecule has 9 heteroatoms. The summed E-state index contributed by atoms with van der Waals surface area (Å²) < 4.78 is 20.4. The first kappa shape index (κ1) is 30.3. The van der Waals surface area contributed by atoms with Crippen LogP contribution in [0.2, 0.25) is 0 Å². The fourth-order valence-corrected chi connectivity index (χ4v) is 5.64. The Morgan fingerprint density at radius 2 is 2.00 bits per heavy atom. The average molecular weight is 572 g/mol. The van der Waals surface area contributed by atoms with Gasteiger partial charge in [-0.25, -0.2) is 4.39 Å². The van der Waals surface area contributed by atoms with Gasteiger partial charge in [-0.3, -0.25) is 9.59 Å². The molecular weight excluding hydrogens is 529 g/mol. The Hall–Kier alpha value is -2.62. The number of nitrogens with one attached hydrogen (secondary N) is 3. The number of carbonyl (C=O) groups is 2. The summed E-state index contributed by atoms with van der Waals surface area (Å²) in [6.07, 6.45) is 6.04. The number of benzene rings is 2. The quantitative estimate of drug-likeness (QED) is 0.365. The molecule has 40 heavy (non-hydrogen) atoms. The van der Waals surface area contributed by atoms with Crippen LogP contribution in [0.1, 0.15) is 62.1 Å². The van der Waals surface area contributed by atoms with Crippen molar-refractivity contribution in [3.8, 4) is 5.75 Å². The smallest absolute Gasteiger partial charge is 0.242 e. The highest BCUT2D eigenvalue weighted by Gasteiger charge is 2.44. The zero-order chi connectivity index (χ0) is 28.5. The minimum absolute atomic E-state index is 0.158. The fourth-order valence-electron chi connectivity index (χ4n) is 5.17. The zero-order valence-electron chi connectivity index (χ0n) is 23.5. The van der Waals surface area contributed by atoms with E-state index in [0.29, 0.717) is 37.2 Å². The number of hydrogen-bond donors (Lipinski definition) is 4. The summed E-state index contributed by atoms with van der Waals surface area (Å²) in [5, 5.41) is 20.8. The van der Waals surface area contributed by atoms with E-state index in [4.69, 9.17) is 4.74 Å². The lowest BCUT2D eigenvalue weighted by Gasteiger charge is -2.29. The molecule has 3 aliphatic rings. The molecule has 1 unspecified atom stereocenters. The van der Waals surface area contributed by atoms with E-state index in [2.05, 4.69) is 47.1 Å². The van der Waals surface area contributed by atoms with Crippen LogP contribution in [0.4, 0.5) is 4.39 Å². The van der Waals surface area contributed by atoms with E-state index < -0.39 is 24.0 Å². The van der Waals surface area contributed by atoms with Gasteiger partial charge in [0.1, 0.15) is 6.04 Å². The lowest BCUT2D eigenvalue weighted by atomic mass is 9.98. The van der Waals surface area contributed by atoms with Gasteiger partial charge in [0.15, 0.2) is 11.6 Å². The summed E-state index contributed by atoms with van der Waals surface area (Å²) in [6.45, 7) is 2.69. The van der Waals surface area contributed by atoms with E-state index in [0.717, 1.165) is 19.3 Å². The summed E-state index contributed by atoms with van der Waals surface area (Å²) in [5.74, 6) is -0.161. The first-order valence-electron chi connectivity index (χ1n) is 14.4. The van der Waals surface area contributed by atoms with Crippen molar-refractivity contribution >= 4 is 23.6 Å². The van der Waals surface area contributed by atoms with Crippen LogP contribution in [0.25, 0.3) is 0 Å². The summed E-state index contributed by atoms with van der Waals surface area (Å²) in [5.41, 5.74) is 2.93. The van der Waals surface area contributed by atoms with E-state index >= 15 is 0 Å². The van der Waals surface area contributed by atoms with Crippen LogP contribution in [0.3, 0.4) is 0 Å². The van der Waals surface area contributed by atoms with Crippen molar-refractivity contribution in [1.29, 1.82) is 0 Å². The molecule has 0 radical (unpaired) electrons. The number of ether oxygens (including phenoxy) is 1. The van der Waals surface area contributed by atoms with Gasteiger partial charge in [0, 0.05) is 18.5 Å². The second-order valence-electron chi connectivity index (χ2n) is 10.9. The largest absolute Gasteiger partial charge is 0.491 e. The van der Waals surface area contributed by atoms with Crippen LogP contribution < -0.4 is 20.7 Å². The number of halogens is 1. The molecule has 7 nitrogen and oxygen atoms in total. The van der Waals surface area contributed by atoms with Crippen LogP contribution in [0.15, 0.2) is 42.5 Å². The molecule has 2 bridgehead atoms. The third kappa shape index (κ3) is 8.21. The van der Waals surface area contributed by atoms with Crippen LogP contribution in [0, 0.1) is 5.82 Å². The molecule has 2 aliphatic heterocycles. The third-order valence-electron chi connectivity index (χ3n) is 7.85. The molecular formula is C31H42FN3O4S. The van der Waals surface area contributed by atoms with E-state index in [9.17, 15) is 19.1 Å². The molecule has 218 valence electrons. The Kier molecular flexibility index (Phi) is 10.9. The van der Waals surface area contributed by atoms with Gasteiger partial charge in [-0.2, -0.15) is 11.8 Å². The van der Waals surface area contributed by atoms with Gasteiger partial charge in [0.25, 0.3) is 0 Å². The number of aliphatic hydroxyl groups excluding tert-OH is 1. The Balaban J connectivity index is 1.53. The van der Waals surface area contributed by atoms with Crippen molar-refractivity contribution in [2.24, 2.45) is 0 Å². The third-order valence-corrected chi connectivity index (χ3v) is 8.49. The number of amides is 2. The number of rotatable bonds is 9. The van der Waals surface area contributed by atoms with Gasteiger partial charge in [0.05, 0.1) is 18.8 Å². The molecule has 2 aromatic rings. The highest BCUT2D eigenvalue weighted by molar-refractivity contribution is 7.98. The van der Waals surface area contributed by atoms with Crippen molar-refractivity contribution in [2.45, 2.75) is 82.0 Å². The molecule has 3 atom stereocenters. The second-order valence-corrected chi connectivity index (χ2v) is 11.9. The topological polar surface area (TPSA) is 99.7 Å². The first-order valence-corrected chi connectivity index (χ1v) is 15.8. The van der Waals surface area contributed by atoms with Crippen molar-refractivity contribution in [3.63, 3.8) is 0 Å². The number of hydrogen-bond acceptors (Lipinski definition) is 6. The van der Waals surface area contributed by atoms with Gasteiger partial charge < -0.3 is 25.8 Å². The summed E-state index contributed by atoms with van der Waals surface area (Å²) in [6, 6.07) is 11.9. The summed E-state index contributed by atoms with van der Waals surface area (Å²) >= 11 is 1.60. The molecule has 1 fully saturated rings. The van der Waals surface area contributed by atoms with E-state index in [1.807, 2.05) is 6.26 Å². The molecule has 2 heterocycles. The Labute approximate surface area is 241 Å². The van der Waals surface area contributed by atoms with Gasteiger partial charge >= 0.3 is 0 Å². The Bertz CT molecular complexity index is 1160. The molecule has 2 aromatic carbocycles. The van der Waals surface area contributed by atoms with E-state index in [-0.39, 0.29) is 42.5 Å². The lowest BCUT2D eigenvalue weighted by Crippen LogP contribution is -2.55. The van der Waals surface area contributed by atoms with Gasteiger partial charge in [-0.1, -0.05) is 37.3 Å². The highest BCUT2D eigenvalue weighted by Crippen LogP contribution is 2.45. The molecule has 0 aromatic heterocycles. The molecule has 1 saturated carbocycles. The maximum absolute atomic E-state index is 14.8. The van der Waals surface area contributed by atoms with Gasteiger partial charge in [-0.05, 0) is 85.8 Å². The van der Waals surface area contributed by atoms with Crippen LogP contribution in [-0.4, -0.2) is 60.3 Å². The standard InChI is InChI=1S/C31H42FN3O4S/c1-3-21-7-6-8-23(17-21)31(13-14-31)33-20-27(36)26-19-22-10-11-28(24(32)18-22)39-15-5-4-9-29(37)34-25(12-16-40-2)30(38)35-26/h6-8,10-11,17-18,25-27,33,36H,3-5,9,12-16,19-20H2,1-2H3,(H,34,37)(H,35,38)/t25?,26-,27+/m0/s1. The summed E-state index contributed by atoms with van der Waals surface area (Å²) in [7, 11) is 0. The molecule has 1 aliphatic carbocycles. The van der Waals surface area contributed by atoms with Gasteiger partial charge in [-0.15, -0.1) is 0 Å².